The van der Waals surface area contributed by atoms with Crippen LogP contribution in [0.15, 0.2) is 22.8 Å². The molecule has 2 aliphatic rings. The van der Waals surface area contributed by atoms with E-state index in [-0.39, 0.29) is 30.0 Å². The number of hydrogen-bond donors (Lipinski definition) is 1. The number of carboxylic acid groups (broad SMARTS) is 1. The average Bonchev–Trinajstić information content (AvgIpc) is 3.12. The number of hydrogen-bond acceptors (Lipinski definition) is 7. The number of carbonyl (C=O) groups excluding carboxylic acids is 3. The van der Waals surface area contributed by atoms with Gasteiger partial charge in [0.25, 0.3) is 0 Å². The van der Waals surface area contributed by atoms with Crippen molar-refractivity contribution >= 4 is 52.3 Å². The number of fused-ring (bicyclic) bond motifs is 1. The predicted molar refractivity (Wildman–Crippen MR) is 96.8 cm³/mol. The lowest BCUT2D eigenvalue weighted by Gasteiger charge is -2.55. The highest BCUT2D eigenvalue weighted by atomic mass is 32.2. The molecule has 2 aliphatic heterocycles. The molecule has 140 valence electrons. The predicted octanol–water partition coefficient (Wildman–Crippen LogP) is 1.27. The normalized spacial score (nSPS) is 27.5. The third-order valence-corrected chi connectivity index (χ3v) is 6.95. The topological polar surface area (TPSA) is 108 Å². The van der Waals surface area contributed by atoms with E-state index >= 15 is 0 Å². The van der Waals surface area contributed by atoms with Gasteiger partial charge < -0.3 is 14.4 Å². The van der Waals surface area contributed by atoms with Crippen LogP contribution in [0, 0.1) is 5.41 Å². The molecule has 26 heavy (non-hydrogen) atoms. The van der Waals surface area contributed by atoms with E-state index in [1.54, 1.807) is 19.1 Å². The van der Waals surface area contributed by atoms with E-state index in [1.165, 1.54) is 34.7 Å². The Morgan fingerprint density at radius 1 is 1.50 bits per heavy atom. The molecule has 8 nitrogen and oxygen atoms in total. The van der Waals surface area contributed by atoms with Gasteiger partial charge >= 0.3 is 5.97 Å². The molecule has 1 aromatic heterocycles. The SMILES string of the molecule is CCSC(=O)C1(C(=O)O)CS[C@@H]2C(N(C(C)=O)c3ccco3)C(=O)N2C1. The van der Waals surface area contributed by atoms with Gasteiger partial charge in [0.1, 0.15) is 11.4 Å². The Kier molecular flexibility index (Phi) is 5.07. The average molecular weight is 398 g/mol. The molecule has 0 aliphatic carbocycles. The van der Waals surface area contributed by atoms with Gasteiger partial charge in [0.15, 0.2) is 5.41 Å². The van der Waals surface area contributed by atoms with Crippen LogP contribution in [0.5, 0.6) is 0 Å². The molecule has 0 bridgehead atoms. The lowest BCUT2D eigenvalue weighted by Crippen LogP contribution is -2.75. The maximum Gasteiger partial charge on any atom is 0.320 e. The largest absolute Gasteiger partial charge is 0.480 e. The van der Waals surface area contributed by atoms with Crippen LogP contribution in [-0.4, -0.2) is 62.4 Å². The van der Waals surface area contributed by atoms with Crippen LogP contribution in [0.2, 0.25) is 0 Å². The molecule has 0 saturated carbocycles. The van der Waals surface area contributed by atoms with Crippen LogP contribution in [0.25, 0.3) is 0 Å². The molecule has 3 atom stereocenters. The van der Waals surface area contributed by atoms with Crippen molar-refractivity contribution in [1.82, 2.24) is 4.90 Å². The van der Waals surface area contributed by atoms with Gasteiger partial charge in [0, 0.05) is 25.3 Å². The summed E-state index contributed by atoms with van der Waals surface area (Å²) < 4.78 is 5.26. The number of furan rings is 1. The maximum absolute atomic E-state index is 12.7. The number of thioether (sulfide) groups is 2. The summed E-state index contributed by atoms with van der Waals surface area (Å²) >= 11 is 2.16. The molecule has 3 heterocycles. The molecular weight excluding hydrogens is 380 g/mol. The molecule has 1 N–H and O–H groups in total. The second kappa shape index (κ2) is 6.99. The summed E-state index contributed by atoms with van der Waals surface area (Å²) in [5, 5.41) is 8.81. The van der Waals surface area contributed by atoms with Gasteiger partial charge in [-0.3, -0.25) is 24.1 Å². The van der Waals surface area contributed by atoms with Crippen molar-refractivity contribution < 1.29 is 28.7 Å². The summed E-state index contributed by atoms with van der Waals surface area (Å²) in [4.78, 5) is 51.6. The third-order valence-electron chi connectivity index (χ3n) is 4.49. The Balaban J connectivity index is 1.84. The van der Waals surface area contributed by atoms with Crippen LogP contribution >= 0.6 is 23.5 Å². The zero-order valence-corrected chi connectivity index (χ0v) is 15.8. The minimum Gasteiger partial charge on any atom is -0.480 e. The molecule has 10 heteroatoms. The zero-order chi connectivity index (χ0) is 19.1. The fraction of sp³-hybridized carbons (Fsp3) is 0.500. The van der Waals surface area contributed by atoms with E-state index in [1.807, 2.05) is 0 Å². The molecule has 2 unspecified atom stereocenters. The van der Waals surface area contributed by atoms with Gasteiger partial charge in [-0.2, -0.15) is 0 Å². The number of anilines is 1. The Morgan fingerprint density at radius 2 is 2.23 bits per heavy atom. The first-order valence-electron chi connectivity index (χ1n) is 7.99. The first-order chi connectivity index (χ1) is 12.3. The molecule has 0 radical (unpaired) electrons. The Bertz CT molecular complexity index is 752. The standard InChI is InChI=1S/C16H18N2O6S2/c1-3-25-15(23)16(14(21)22)7-17-12(20)11(13(17)26-8-16)18(9(2)19)10-5-4-6-24-10/h4-6,11,13H,3,7-8H2,1-2H3,(H,21,22)/t11?,13-,16?/m1/s1. The van der Waals surface area contributed by atoms with Gasteiger partial charge in [-0.1, -0.05) is 18.7 Å². The van der Waals surface area contributed by atoms with Crippen molar-refractivity contribution in [3.63, 3.8) is 0 Å². The van der Waals surface area contributed by atoms with Crippen molar-refractivity contribution in [2.75, 3.05) is 23.0 Å². The van der Waals surface area contributed by atoms with Gasteiger partial charge in [-0.25, -0.2) is 0 Å². The number of carboxylic acids is 1. The lowest BCUT2D eigenvalue weighted by molar-refractivity contribution is -0.159. The van der Waals surface area contributed by atoms with E-state index in [0.717, 1.165) is 11.8 Å². The van der Waals surface area contributed by atoms with Crippen molar-refractivity contribution in [3.05, 3.63) is 18.4 Å². The first kappa shape index (κ1) is 18.8. The van der Waals surface area contributed by atoms with E-state index in [4.69, 9.17) is 4.42 Å². The fourth-order valence-corrected chi connectivity index (χ4v) is 5.59. The third kappa shape index (κ3) is 2.81. The Labute approximate surface area is 158 Å². The van der Waals surface area contributed by atoms with Crippen LogP contribution in [0.4, 0.5) is 5.88 Å². The quantitative estimate of drug-likeness (QED) is 0.583. The molecule has 1 aromatic rings. The summed E-state index contributed by atoms with van der Waals surface area (Å²) in [6.45, 7) is 2.94. The Morgan fingerprint density at radius 3 is 2.77 bits per heavy atom. The summed E-state index contributed by atoms with van der Waals surface area (Å²) in [5.74, 6) is -1.15. The van der Waals surface area contributed by atoms with Gasteiger partial charge in [0.05, 0.1) is 6.26 Å². The summed E-state index contributed by atoms with van der Waals surface area (Å²) in [7, 11) is 0. The molecular formula is C16H18N2O6S2. The highest BCUT2D eigenvalue weighted by molar-refractivity contribution is 8.13. The maximum atomic E-state index is 12.7. The first-order valence-corrected chi connectivity index (χ1v) is 10.0. The number of β-lactam (4-membered cyclic amide) rings is 1. The molecule has 0 spiro atoms. The molecule has 2 fully saturated rings. The lowest BCUT2D eigenvalue weighted by atomic mass is 9.88. The van der Waals surface area contributed by atoms with E-state index in [9.17, 15) is 24.3 Å². The van der Waals surface area contributed by atoms with Crippen LogP contribution in [-0.2, 0) is 19.2 Å². The summed E-state index contributed by atoms with van der Waals surface area (Å²) in [5.41, 5.74) is -1.62. The highest BCUT2D eigenvalue weighted by Gasteiger charge is 2.62. The molecule has 3 rings (SSSR count). The van der Waals surface area contributed by atoms with E-state index in [0.29, 0.717) is 5.75 Å². The minimum absolute atomic E-state index is 0.0585. The van der Waals surface area contributed by atoms with Crippen LogP contribution < -0.4 is 4.90 Å². The number of amides is 2. The second-order valence-corrected chi connectivity index (χ2v) is 8.40. The van der Waals surface area contributed by atoms with Crippen molar-refractivity contribution in [3.8, 4) is 0 Å². The van der Waals surface area contributed by atoms with Crippen molar-refractivity contribution in [1.29, 1.82) is 0 Å². The Hall–Kier alpha value is -1.94. The molecule has 0 aromatic carbocycles. The van der Waals surface area contributed by atoms with E-state index < -0.39 is 27.9 Å². The zero-order valence-electron chi connectivity index (χ0n) is 14.2. The summed E-state index contributed by atoms with van der Waals surface area (Å²) in [6, 6.07) is 2.45. The monoisotopic (exact) mass is 398 g/mol. The van der Waals surface area contributed by atoms with E-state index in [2.05, 4.69) is 0 Å². The number of aliphatic carboxylic acids is 1. The number of nitrogens with zero attached hydrogens (tertiary/aromatic N) is 2. The summed E-state index contributed by atoms with van der Waals surface area (Å²) in [6.07, 6.45) is 1.41. The highest BCUT2D eigenvalue weighted by Crippen LogP contribution is 2.46. The number of rotatable bonds is 5. The minimum atomic E-state index is -1.62. The van der Waals surface area contributed by atoms with Crippen LogP contribution in [0.1, 0.15) is 13.8 Å². The molecule has 2 amide bonds. The van der Waals surface area contributed by atoms with Crippen molar-refractivity contribution in [2.45, 2.75) is 25.3 Å². The fourth-order valence-electron chi connectivity index (χ4n) is 3.16. The number of carbonyl (C=O) groups is 4. The van der Waals surface area contributed by atoms with Gasteiger partial charge in [-0.15, -0.1) is 11.8 Å². The van der Waals surface area contributed by atoms with Crippen LogP contribution in [0.3, 0.4) is 0 Å². The molecule has 2 saturated heterocycles. The van der Waals surface area contributed by atoms with Gasteiger partial charge in [0.2, 0.25) is 22.8 Å². The van der Waals surface area contributed by atoms with Crippen molar-refractivity contribution in [2.24, 2.45) is 5.41 Å². The second-order valence-electron chi connectivity index (χ2n) is 6.06. The smallest absolute Gasteiger partial charge is 0.320 e. The van der Waals surface area contributed by atoms with Gasteiger partial charge in [-0.05, 0) is 11.8 Å².